The second kappa shape index (κ2) is 6.08. The number of hydrogen-bond donors (Lipinski definition) is 0. The fourth-order valence-electron chi connectivity index (χ4n) is 1.80. The number of carbonyl (C=O) groups excluding carboxylic acids is 1. The van der Waals surface area contributed by atoms with Gasteiger partial charge in [0.05, 0.1) is 10.6 Å². The van der Waals surface area contributed by atoms with Crippen molar-refractivity contribution < 1.29 is 18.0 Å². The summed E-state index contributed by atoms with van der Waals surface area (Å²) in [5, 5.41) is 0.631. The summed E-state index contributed by atoms with van der Waals surface area (Å²) in [4.78, 5) is 12.1. The van der Waals surface area contributed by atoms with Crippen LogP contribution >= 0.6 is 23.2 Å². The van der Waals surface area contributed by atoms with E-state index in [9.17, 15) is 18.0 Å². The minimum absolute atomic E-state index is 0.0435. The highest BCUT2D eigenvalue weighted by molar-refractivity contribution is 6.35. The molecule has 0 fully saturated rings. The van der Waals surface area contributed by atoms with Gasteiger partial charge in [-0.1, -0.05) is 35.3 Å². The van der Waals surface area contributed by atoms with Crippen LogP contribution in [-0.2, 0) is 12.6 Å². The van der Waals surface area contributed by atoms with E-state index in [0.717, 1.165) is 12.1 Å². The van der Waals surface area contributed by atoms with Gasteiger partial charge in [-0.15, -0.1) is 0 Å². The smallest absolute Gasteiger partial charge is 0.294 e. The van der Waals surface area contributed by atoms with E-state index in [1.165, 1.54) is 24.3 Å². The molecular weight excluding hydrogens is 324 g/mol. The maximum atomic E-state index is 12.4. The van der Waals surface area contributed by atoms with Gasteiger partial charge in [-0.05, 0) is 35.9 Å². The lowest BCUT2D eigenvalue weighted by molar-refractivity contribution is -0.137. The number of carbonyl (C=O) groups is 1. The second-order valence-corrected chi connectivity index (χ2v) is 5.26. The molecule has 0 saturated heterocycles. The van der Waals surface area contributed by atoms with Crippen LogP contribution in [0, 0.1) is 0 Å². The van der Waals surface area contributed by atoms with Crippen LogP contribution in [0.4, 0.5) is 13.2 Å². The first-order chi connectivity index (χ1) is 9.77. The van der Waals surface area contributed by atoms with Crippen LogP contribution in [0.25, 0.3) is 0 Å². The first kappa shape index (κ1) is 15.9. The summed E-state index contributed by atoms with van der Waals surface area (Å²) in [5.74, 6) is -0.303. The van der Waals surface area contributed by atoms with Gasteiger partial charge in [0.1, 0.15) is 0 Å². The van der Waals surface area contributed by atoms with Crippen LogP contribution in [0.15, 0.2) is 42.5 Å². The molecule has 1 nitrogen and oxygen atoms in total. The zero-order valence-corrected chi connectivity index (χ0v) is 12.1. The summed E-state index contributed by atoms with van der Waals surface area (Å²) in [7, 11) is 0. The number of hydrogen-bond acceptors (Lipinski definition) is 1. The number of halogens is 5. The first-order valence-electron chi connectivity index (χ1n) is 5.92. The maximum Gasteiger partial charge on any atom is 0.416 e. The molecule has 0 N–H and O–H groups in total. The van der Waals surface area contributed by atoms with Gasteiger partial charge in [0, 0.05) is 17.0 Å². The summed E-state index contributed by atoms with van der Waals surface area (Å²) >= 11 is 11.7. The molecule has 0 atom stereocenters. The largest absolute Gasteiger partial charge is 0.416 e. The lowest BCUT2D eigenvalue weighted by atomic mass is 10.0. The van der Waals surface area contributed by atoms with Gasteiger partial charge in [0.15, 0.2) is 5.78 Å². The van der Waals surface area contributed by atoms with Crippen LogP contribution in [0.2, 0.25) is 10.0 Å². The Morgan fingerprint density at radius 2 is 1.62 bits per heavy atom. The van der Waals surface area contributed by atoms with Gasteiger partial charge in [0.2, 0.25) is 0 Å². The monoisotopic (exact) mass is 332 g/mol. The molecule has 0 heterocycles. The fourth-order valence-corrected chi connectivity index (χ4v) is 2.20. The highest BCUT2D eigenvalue weighted by Gasteiger charge is 2.30. The van der Waals surface area contributed by atoms with E-state index in [1.54, 1.807) is 6.07 Å². The average molecular weight is 333 g/mol. The minimum Gasteiger partial charge on any atom is -0.294 e. The number of ketones is 1. The molecule has 2 rings (SSSR count). The molecule has 0 aliphatic rings. The normalized spacial score (nSPS) is 11.5. The summed E-state index contributed by atoms with van der Waals surface area (Å²) in [6.45, 7) is 0. The molecule has 0 spiro atoms. The Labute approximate surface area is 129 Å². The third kappa shape index (κ3) is 3.99. The van der Waals surface area contributed by atoms with E-state index in [2.05, 4.69) is 0 Å². The molecule has 2 aromatic carbocycles. The van der Waals surface area contributed by atoms with E-state index < -0.39 is 11.7 Å². The Hall–Kier alpha value is -1.52. The molecule has 21 heavy (non-hydrogen) atoms. The topological polar surface area (TPSA) is 17.1 Å². The maximum absolute atomic E-state index is 12.4. The molecule has 0 aromatic heterocycles. The number of benzene rings is 2. The molecule has 2 aromatic rings. The molecule has 110 valence electrons. The Bertz CT molecular complexity index is 664. The van der Waals surface area contributed by atoms with Crippen molar-refractivity contribution in [1.82, 2.24) is 0 Å². The van der Waals surface area contributed by atoms with Gasteiger partial charge in [-0.3, -0.25) is 4.79 Å². The van der Waals surface area contributed by atoms with Crippen molar-refractivity contribution >= 4 is 29.0 Å². The van der Waals surface area contributed by atoms with Gasteiger partial charge < -0.3 is 0 Å². The van der Waals surface area contributed by atoms with Crippen LogP contribution in [0.1, 0.15) is 21.5 Å². The summed E-state index contributed by atoms with van der Waals surface area (Å²) < 4.78 is 37.3. The third-order valence-corrected chi connectivity index (χ3v) is 3.44. The molecule has 0 radical (unpaired) electrons. The molecule has 0 aliphatic heterocycles. The van der Waals surface area contributed by atoms with E-state index in [-0.39, 0.29) is 22.8 Å². The van der Waals surface area contributed by atoms with Crippen LogP contribution in [-0.4, -0.2) is 5.78 Å². The molecule has 0 saturated carbocycles. The van der Waals surface area contributed by atoms with Gasteiger partial charge in [0.25, 0.3) is 0 Å². The Morgan fingerprint density at radius 1 is 1.00 bits per heavy atom. The lowest BCUT2D eigenvalue weighted by Crippen LogP contribution is -2.07. The number of alkyl halides is 3. The predicted octanol–water partition coefficient (Wildman–Crippen LogP) is 5.44. The van der Waals surface area contributed by atoms with Crippen molar-refractivity contribution in [2.24, 2.45) is 0 Å². The lowest BCUT2D eigenvalue weighted by Gasteiger charge is -2.08. The van der Waals surface area contributed by atoms with Gasteiger partial charge >= 0.3 is 6.18 Å². The Balaban J connectivity index is 2.18. The Morgan fingerprint density at radius 3 is 2.19 bits per heavy atom. The highest BCUT2D eigenvalue weighted by Crippen LogP contribution is 2.29. The summed E-state index contributed by atoms with van der Waals surface area (Å²) in [6.07, 6.45) is -4.43. The highest BCUT2D eigenvalue weighted by atomic mass is 35.5. The molecule has 0 amide bonds. The standard InChI is InChI=1S/C15H9Cl2F3O/c16-11-5-6-13(17)12(8-11)14(21)7-9-1-3-10(4-2-9)15(18,19)20/h1-6,8H,7H2. The molecule has 6 heteroatoms. The number of Topliss-reactive ketones (excluding diaryl/α,β-unsaturated/α-hetero) is 1. The quantitative estimate of drug-likeness (QED) is 0.684. The van der Waals surface area contributed by atoms with Crippen LogP contribution in [0.5, 0.6) is 0 Å². The molecule has 0 unspecified atom stereocenters. The molecule has 0 aliphatic carbocycles. The fraction of sp³-hybridized carbons (Fsp3) is 0.133. The van der Waals surface area contributed by atoms with Crippen molar-refractivity contribution in [3.8, 4) is 0 Å². The second-order valence-electron chi connectivity index (χ2n) is 4.42. The summed E-state index contributed by atoms with van der Waals surface area (Å²) in [6, 6.07) is 8.95. The van der Waals surface area contributed by atoms with Crippen molar-refractivity contribution in [3.63, 3.8) is 0 Å². The minimum atomic E-state index is -4.39. The van der Waals surface area contributed by atoms with E-state index >= 15 is 0 Å². The van der Waals surface area contributed by atoms with Crippen LogP contribution < -0.4 is 0 Å². The third-order valence-electron chi connectivity index (χ3n) is 2.87. The number of rotatable bonds is 3. The first-order valence-corrected chi connectivity index (χ1v) is 6.67. The predicted molar refractivity (Wildman–Crippen MR) is 75.9 cm³/mol. The molecular formula is C15H9Cl2F3O. The van der Waals surface area contributed by atoms with Crippen molar-refractivity contribution in [3.05, 3.63) is 69.2 Å². The van der Waals surface area contributed by atoms with Crippen molar-refractivity contribution in [1.29, 1.82) is 0 Å². The van der Waals surface area contributed by atoms with Crippen molar-refractivity contribution in [2.75, 3.05) is 0 Å². The zero-order valence-electron chi connectivity index (χ0n) is 10.5. The van der Waals surface area contributed by atoms with E-state index in [0.29, 0.717) is 10.6 Å². The van der Waals surface area contributed by atoms with Gasteiger partial charge in [-0.2, -0.15) is 13.2 Å². The Kier molecular flexibility index (Phi) is 4.59. The van der Waals surface area contributed by atoms with E-state index in [4.69, 9.17) is 23.2 Å². The summed E-state index contributed by atoms with van der Waals surface area (Å²) in [5.41, 5.74) is -0.0207. The van der Waals surface area contributed by atoms with Crippen molar-refractivity contribution in [2.45, 2.75) is 12.6 Å². The SMILES string of the molecule is O=C(Cc1ccc(C(F)(F)F)cc1)c1cc(Cl)ccc1Cl. The van der Waals surface area contributed by atoms with Crippen LogP contribution in [0.3, 0.4) is 0 Å². The van der Waals surface area contributed by atoms with E-state index in [1.807, 2.05) is 0 Å². The average Bonchev–Trinajstić information content (AvgIpc) is 2.41. The molecule has 0 bridgehead atoms. The zero-order chi connectivity index (χ0) is 15.6. The van der Waals surface area contributed by atoms with Gasteiger partial charge in [-0.25, -0.2) is 0 Å².